The summed E-state index contributed by atoms with van der Waals surface area (Å²) in [4.78, 5) is 28.7. The molecular weight excluding hydrogens is 1180 g/mol. The second-order valence-corrected chi connectivity index (χ2v) is 23.7. The van der Waals surface area contributed by atoms with E-state index in [1.54, 1.807) is 0 Å². The van der Waals surface area contributed by atoms with Gasteiger partial charge in [0.15, 0.2) is 29.1 Å². The zero-order chi connectivity index (χ0) is 62.4. The van der Waals surface area contributed by atoms with E-state index in [1.807, 2.05) is 158 Å². The molecule has 20 aromatic rings. The number of nitrogens with zero attached hydrogens (tertiary/aromatic N) is 6. The van der Waals surface area contributed by atoms with Crippen molar-refractivity contribution in [2.45, 2.75) is 6.92 Å². The average Bonchev–Trinajstić information content (AvgIpc) is 1.44. The van der Waals surface area contributed by atoms with Crippen molar-refractivity contribution in [1.82, 2.24) is 29.9 Å². The molecule has 0 fully saturated rings. The number of halogens is 1. The van der Waals surface area contributed by atoms with Crippen LogP contribution in [0, 0.1) is 6.92 Å². The van der Waals surface area contributed by atoms with Gasteiger partial charge in [-0.25, -0.2) is 19.9 Å². The van der Waals surface area contributed by atoms with Crippen LogP contribution < -0.4 is 0 Å². The van der Waals surface area contributed by atoms with Gasteiger partial charge in [0.05, 0.1) is 0 Å². The lowest BCUT2D eigenvalue weighted by Gasteiger charge is -2.13. The van der Waals surface area contributed by atoms with Crippen molar-refractivity contribution in [2.24, 2.45) is 0 Å². The first-order chi connectivity index (χ1) is 46.4. The first kappa shape index (κ1) is 54.6. The molecule has 0 saturated carbocycles. The van der Waals surface area contributed by atoms with Crippen molar-refractivity contribution in [3.8, 4) is 56.9 Å². The summed E-state index contributed by atoms with van der Waals surface area (Å²) in [5, 5.41) is 18.5. The number of hydrogen-bond acceptors (Lipinski definition) is 10. The highest BCUT2D eigenvalue weighted by Gasteiger charge is 2.23. The molecule has 0 atom stereocenters. The monoisotopic (exact) mass is 1230 g/mol. The molecule has 0 aliphatic heterocycles. The van der Waals surface area contributed by atoms with E-state index in [2.05, 4.69) is 143 Å². The number of aryl methyl sites for hydroxylation is 1. The van der Waals surface area contributed by atoms with Crippen LogP contribution in [0.25, 0.3) is 188 Å². The highest BCUT2D eigenvalue weighted by Crippen LogP contribution is 2.45. The Balaban J connectivity index is 0.000000114. The van der Waals surface area contributed by atoms with Crippen molar-refractivity contribution in [3.05, 3.63) is 290 Å². The molecule has 0 radical (unpaired) electrons. The summed E-state index contributed by atoms with van der Waals surface area (Å²) in [6, 6.07) is 94.4. The molecule has 0 N–H and O–H groups in total. The van der Waals surface area contributed by atoms with Crippen LogP contribution in [0.4, 0.5) is 0 Å². The van der Waals surface area contributed by atoms with Crippen LogP contribution in [0.3, 0.4) is 0 Å². The van der Waals surface area contributed by atoms with Crippen molar-refractivity contribution in [3.63, 3.8) is 0 Å². The van der Waals surface area contributed by atoms with Gasteiger partial charge < -0.3 is 17.7 Å². The van der Waals surface area contributed by atoms with E-state index < -0.39 is 0 Å². The average molecular weight is 1230 g/mol. The van der Waals surface area contributed by atoms with Crippen LogP contribution >= 0.6 is 11.6 Å². The number of furan rings is 4. The molecule has 442 valence electrons. The standard InChI is InChI=1S/C41H23N3O2.C21H12ClN3O.C21H14O/c1-2-12-25(13-3-1)39-42-40(30-17-10-20-34-36(30)28-15-6-8-18-32(28)45-34)44-41(43-39)31-23-35-38(29-16-7-9-19-33(29)46-35)37-26-14-5-4-11-24(26)21-22-27(31)37;22-21-24-19(13-7-2-1-3-8-13)23-20(25-21)15-10-6-12-17-18(15)14-9-4-5-11-16(14)26-17;1-13-12-19-21(17-8-4-5-9-18(17)22-19)20-15(13)11-10-14-6-2-3-7-16(14)20/h1-23H;1-12H;2-12H,1H3. The molecule has 0 aliphatic carbocycles. The number of para-hydroxylation sites is 4. The molecule has 0 aliphatic rings. The number of benzene rings is 14. The van der Waals surface area contributed by atoms with Crippen LogP contribution in [-0.2, 0) is 0 Å². The molecule has 6 aromatic heterocycles. The van der Waals surface area contributed by atoms with Gasteiger partial charge >= 0.3 is 0 Å². The zero-order valence-electron chi connectivity index (χ0n) is 50.3. The van der Waals surface area contributed by atoms with Gasteiger partial charge in [-0.3, -0.25) is 0 Å². The molecule has 0 saturated heterocycles. The maximum absolute atomic E-state index is 6.51. The minimum atomic E-state index is 0.165. The highest BCUT2D eigenvalue weighted by atomic mass is 35.5. The second kappa shape index (κ2) is 22.2. The van der Waals surface area contributed by atoms with E-state index in [-0.39, 0.29) is 5.28 Å². The van der Waals surface area contributed by atoms with E-state index in [0.717, 1.165) is 121 Å². The molecule has 11 heteroatoms. The molecule has 0 spiro atoms. The predicted molar refractivity (Wildman–Crippen MR) is 382 cm³/mol. The van der Waals surface area contributed by atoms with E-state index >= 15 is 0 Å². The van der Waals surface area contributed by atoms with E-state index in [4.69, 9.17) is 44.2 Å². The Morgan fingerprint density at radius 1 is 0.234 bits per heavy atom. The Morgan fingerprint density at radius 2 is 0.585 bits per heavy atom. The summed E-state index contributed by atoms with van der Waals surface area (Å²) in [6.45, 7) is 2.16. The lowest BCUT2D eigenvalue weighted by Crippen LogP contribution is -2.01. The van der Waals surface area contributed by atoms with E-state index in [1.165, 1.54) is 43.3 Å². The van der Waals surface area contributed by atoms with Crippen LogP contribution in [-0.4, -0.2) is 29.9 Å². The van der Waals surface area contributed by atoms with Crippen LogP contribution in [0.1, 0.15) is 5.56 Å². The SMILES string of the molecule is Cc1cc2oc3ccccc3c2c2c1ccc1ccccc12.Clc1nc(-c2ccccc2)nc(-c2cccc3oc4ccccc4c23)n1.c1ccc(-c2nc(-c3cc4oc5ccccc5c4c4c3ccc3ccccc34)nc(-c3cccc4oc5ccccc5c34)n2)cc1. The Hall–Kier alpha value is -12.4. The van der Waals surface area contributed by atoms with Gasteiger partial charge in [0.2, 0.25) is 5.28 Å². The smallest absolute Gasteiger partial charge is 0.226 e. The van der Waals surface area contributed by atoms with Crippen molar-refractivity contribution < 1.29 is 17.7 Å². The first-order valence-corrected chi connectivity index (χ1v) is 31.4. The molecule has 0 bridgehead atoms. The van der Waals surface area contributed by atoms with Crippen molar-refractivity contribution in [2.75, 3.05) is 0 Å². The predicted octanol–water partition coefficient (Wildman–Crippen LogP) is 22.9. The van der Waals surface area contributed by atoms with E-state index in [9.17, 15) is 0 Å². The van der Waals surface area contributed by atoms with Crippen LogP contribution in [0.2, 0.25) is 5.28 Å². The number of aromatic nitrogens is 6. The quantitative estimate of drug-likeness (QED) is 0.154. The molecule has 20 rings (SSSR count). The lowest BCUT2D eigenvalue weighted by atomic mass is 9.94. The largest absolute Gasteiger partial charge is 0.456 e. The molecular formula is C83H49ClN6O4. The third kappa shape index (κ3) is 9.18. The van der Waals surface area contributed by atoms with Gasteiger partial charge in [0.1, 0.15) is 44.7 Å². The zero-order valence-corrected chi connectivity index (χ0v) is 51.0. The number of hydrogen-bond donors (Lipinski definition) is 0. The van der Waals surface area contributed by atoms with Gasteiger partial charge in [-0.05, 0) is 105 Å². The topological polar surface area (TPSA) is 130 Å². The van der Waals surface area contributed by atoms with Gasteiger partial charge in [-0.1, -0.05) is 231 Å². The normalized spacial score (nSPS) is 11.7. The van der Waals surface area contributed by atoms with Gasteiger partial charge in [0, 0.05) is 81.7 Å². The lowest BCUT2D eigenvalue weighted by molar-refractivity contribution is 0.668. The number of rotatable bonds is 5. The summed E-state index contributed by atoms with van der Waals surface area (Å²) in [7, 11) is 0. The molecule has 0 unspecified atom stereocenters. The first-order valence-electron chi connectivity index (χ1n) is 31.0. The van der Waals surface area contributed by atoms with Crippen LogP contribution in [0.15, 0.2) is 297 Å². The summed E-state index contributed by atoms with van der Waals surface area (Å²) in [6.07, 6.45) is 0. The fourth-order valence-electron chi connectivity index (χ4n) is 13.6. The Labute approximate surface area is 540 Å². The second-order valence-electron chi connectivity index (χ2n) is 23.3. The minimum absolute atomic E-state index is 0.165. The maximum Gasteiger partial charge on any atom is 0.226 e. The Kier molecular flexibility index (Phi) is 12.9. The molecule has 10 nitrogen and oxygen atoms in total. The van der Waals surface area contributed by atoms with Crippen molar-refractivity contribution >= 4 is 142 Å². The molecule has 94 heavy (non-hydrogen) atoms. The molecule has 6 heterocycles. The maximum atomic E-state index is 6.51. The summed E-state index contributed by atoms with van der Waals surface area (Å²) in [5.74, 6) is 2.84. The third-order valence-corrected chi connectivity index (χ3v) is 17.9. The third-order valence-electron chi connectivity index (χ3n) is 17.8. The van der Waals surface area contributed by atoms with Crippen LogP contribution in [0.5, 0.6) is 0 Å². The summed E-state index contributed by atoms with van der Waals surface area (Å²) in [5.41, 5.74) is 12.5. The Morgan fingerprint density at radius 3 is 1.10 bits per heavy atom. The molecule has 0 amide bonds. The Bertz CT molecular complexity index is 6410. The van der Waals surface area contributed by atoms with Gasteiger partial charge in [0.25, 0.3) is 0 Å². The minimum Gasteiger partial charge on any atom is -0.456 e. The summed E-state index contributed by atoms with van der Waals surface area (Å²) >= 11 is 6.21. The fraction of sp³-hybridized carbons (Fsp3) is 0.0120. The number of fused-ring (bicyclic) bond motifs is 20. The summed E-state index contributed by atoms with van der Waals surface area (Å²) < 4.78 is 24.8. The van der Waals surface area contributed by atoms with Gasteiger partial charge in [-0.2, -0.15) is 9.97 Å². The van der Waals surface area contributed by atoms with Gasteiger partial charge in [-0.15, -0.1) is 0 Å². The van der Waals surface area contributed by atoms with E-state index in [0.29, 0.717) is 29.1 Å². The fourth-order valence-corrected chi connectivity index (χ4v) is 13.8. The molecule has 14 aromatic carbocycles. The van der Waals surface area contributed by atoms with Crippen molar-refractivity contribution in [1.29, 1.82) is 0 Å². The highest BCUT2D eigenvalue weighted by molar-refractivity contribution is 6.30.